The topological polar surface area (TPSA) is 106 Å². The quantitative estimate of drug-likeness (QED) is 0.389. The normalized spacial score (nSPS) is 15.7. The van der Waals surface area contributed by atoms with Gasteiger partial charge in [-0.05, 0) is 48.5 Å². The molecule has 34 heavy (non-hydrogen) atoms. The minimum atomic E-state index is -0.523. The molecule has 0 bridgehead atoms. The fraction of sp³-hybridized carbons (Fsp3) is 0.250. The zero-order chi connectivity index (χ0) is 24.1. The molecule has 10 heteroatoms. The van der Waals surface area contributed by atoms with E-state index >= 15 is 0 Å². The number of carbonyl (C=O) groups excluding carboxylic acids is 2. The number of hydrogen-bond donors (Lipinski definition) is 0. The predicted molar refractivity (Wildman–Crippen MR) is 119 cm³/mol. The Kier molecular flexibility index (Phi) is 6.98. The largest absolute Gasteiger partial charge is 0.467 e. The molecular weight excluding hydrogens is 445 g/mol. The molecular formula is C24H22FN3O6. The first-order valence-electron chi connectivity index (χ1n) is 10.6. The molecule has 1 unspecified atom stereocenters. The number of morpholine rings is 1. The van der Waals surface area contributed by atoms with Gasteiger partial charge in [0, 0.05) is 42.9 Å². The molecule has 0 radical (unpaired) electrons. The number of hydrogen-bond acceptors (Lipinski definition) is 6. The highest BCUT2D eigenvalue weighted by Crippen LogP contribution is 2.18. The van der Waals surface area contributed by atoms with Crippen LogP contribution in [0.4, 0.5) is 10.1 Å². The van der Waals surface area contributed by atoms with E-state index in [1.54, 1.807) is 17.0 Å². The summed E-state index contributed by atoms with van der Waals surface area (Å²) >= 11 is 0. The number of ether oxygens (including phenoxy) is 1. The molecule has 1 aromatic heterocycles. The van der Waals surface area contributed by atoms with Crippen LogP contribution in [0.5, 0.6) is 0 Å². The molecule has 1 atom stereocenters. The summed E-state index contributed by atoms with van der Waals surface area (Å²) in [5, 5.41) is 10.9. The summed E-state index contributed by atoms with van der Waals surface area (Å²) in [6.07, 6.45) is 1.05. The van der Waals surface area contributed by atoms with Gasteiger partial charge in [0.2, 0.25) is 0 Å². The average molecular weight is 467 g/mol. The van der Waals surface area contributed by atoms with E-state index in [0.29, 0.717) is 23.4 Å². The number of furan rings is 1. The maximum Gasteiger partial charge on any atom is 0.269 e. The van der Waals surface area contributed by atoms with Crippen LogP contribution in [-0.2, 0) is 11.3 Å². The van der Waals surface area contributed by atoms with Gasteiger partial charge in [0.25, 0.3) is 17.5 Å². The van der Waals surface area contributed by atoms with Gasteiger partial charge in [0.1, 0.15) is 11.6 Å². The third-order valence-electron chi connectivity index (χ3n) is 5.48. The number of nitro benzene ring substituents is 1. The van der Waals surface area contributed by atoms with Crippen molar-refractivity contribution in [2.75, 3.05) is 26.2 Å². The number of nitro groups is 1. The second-order valence-electron chi connectivity index (χ2n) is 7.82. The van der Waals surface area contributed by atoms with Crippen molar-refractivity contribution in [3.05, 3.63) is 99.7 Å². The van der Waals surface area contributed by atoms with Crippen LogP contribution in [-0.4, -0.2) is 58.9 Å². The summed E-state index contributed by atoms with van der Waals surface area (Å²) in [6, 6.07) is 14.2. The Bertz CT molecular complexity index is 1150. The molecule has 2 heterocycles. The maximum atomic E-state index is 13.3. The van der Waals surface area contributed by atoms with Crippen LogP contribution in [0.15, 0.2) is 71.3 Å². The minimum Gasteiger partial charge on any atom is -0.467 e. The zero-order valence-corrected chi connectivity index (χ0v) is 18.1. The van der Waals surface area contributed by atoms with Gasteiger partial charge in [-0.25, -0.2) is 4.39 Å². The van der Waals surface area contributed by atoms with Gasteiger partial charge in [0.15, 0.2) is 0 Å². The number of halogens is 1. The van der Waals surface area contributed by atoms with Crippen LogP contribution in [0.2, 0.25) is 0 Å². The Morgan fingerprint density at radius 2 is 1.79 bits per heavy atom. The van der Waals surface area contributed by atoms with E-state index in [1.807, 2.05) is 0 Å². The lowest BCUT2D eigenvalue weighted by molar-refractivity contribution is -0.384. The highest BCUT2D eigenvalue weighted by molar-refractivity contribution is 5.95. The van der Waals surface area contributed by atoms with E-state index in [4.69, 9.17) is 9.15 Å². The molecule has 2 aromatic carbocycles. The number of benzene rings is 2. The van der Waals surface area contributed by atoms with Gasteiger partial charge in [-0.1, -0.05) is 0 Å². The summed E-state index contributed by atoms with van der Waals surface area (Å²) < 4.78 is 24.5. The average Bonchev–Trinajstić information content (AvgIpc) is 3.37. The summed E-state index contributed by atoms with van der Waals surface area (Å²) in [6.45, 7) is 1.24. The highest BCUT2D eigenvalue weighted by atomic mass is 19.1. The van der Waals surface area contributed by atoms with E-state index in [-0.39, 0.29) is 43.7 Å². The second-order valence-corrected chi connectivity index (χ2v) is 7.82. The standard InChI is InChI=1S/C24H22FN3O6/c25-19-7-3-17(4-8-19)24(30)27(14-21-2-1-12-33-21)16-22-15-26(11-13-34-22)23(29)18-5-9-20(10-6-18)28(31)32/h1-10,12,22H,11,13-16H2. The molecule has 0 aliphatic carbocycles. The summed E-state index contributed by atoms with van der Waals surface area (Å²) in [7, 11) is 0. The van der Waals surface area contributed by atoms with Crippen LogP contribution in [0.3, 0.4) is 0 Å². The van der Waals surface area contributed by atoms with Gasteiger partial charge < -0.3 is 19.0 Å². The number of carbonyl (C=O) groups is 2. The smallest absolute Gasteiger partial charge is 0.269 e. The van der Waals surface area contributed by atoms with Crippen LogP contribution in [0, 0.1) is 15.9 Å². The first-order chi connectivity index (χ1) is 16.4. The molecule has 1 saturated heterocycles. The van der Waals surface area contributed by atoms with Crippen molar-refractivity contribution >= 4 is 17.5 Å². The van der Waals surface area contributed by atoms with Crippen molar-refractivity contribution in [3.8, 4) is 0 Å². The van der Waals surface area contributed by atoms with Gasteiger partial charge in [0.05, 0.1) is 30.4 Å². The summed E-state index contributed by atoms with van der Waals surface area (Å²) in [4.78, 5) is 39.5. The Balaban J connectivity index is 1.47. The van der Waals surface area contributed by atoms with E-state index in [2.05, 4.69) is 0 Å². The van der Waals surface area contributed by atoms with Crippen molar-refractivity contribution in [1.29, 1.82) is 0 Å². The summed E-state index contributed by atoms with van der Waals surface area (Å²) in [5.74, 6) is -0.459. The van der Waals surface area contributed by atoms with Crippen LogP contribution in [0.1, 0.15) is 26.5 Å². The predicted octanol–water partition coefficient (Wildman–Crippen LogP) is 3.51. The van der Waals surface area contributed by atoms with Crippen molar-refractivity contribution < 1.29 is 28.1 Å². The number of amides is 2. The molecule has 0 spiro atoms. The lowest BCUT2D eigenvalue weighted by Crippen LogP contribution is -2.50. The minimum absolute atomic E-state index is 0.0933. The second kappa shape index (κ2) is 10.3. The lowest BCUT2D eigenvalue weighted by Gasteiger charge is -2.35. The Labute approximate surface area is 194 Å². The monoisotopic (exact) mass is 467 g/mol. The molecule has 0 saturated carbocycles. The van der Waals surface area contributed by atoms with Crippen LogP contribution < -0.4 is 0 Å². The molecule has 3 aromatic rings. The molecule has 2 amide bonds. The molecule has 1 fully saturated rings. The number of nitrogens with zero attached hydrogens (tertiary/aromatic N) is 3. The van der Waals surface area contributed by atoms with Gasteiger partial charge in [-0.3, -0.25) is 19.7 Å². The van der Waals surface area contributed by atoms with Crippen molar-refractivity contribution in [1.82, 2.24) is 9.80 Å². The van der Waals surface area contributed by atoms with Crippen molar-refractivity contribution in [3.63, 3.8) is 0 Å². The van der Waals surface area contributed by atoms with Crippen molar-refractivity contribution in [2.24, 2.45) is 0 Å². The molecule has 9 nitrogen and oxygen atoms in total. The summed E-state index contributed by atoms with van der Waals surface area (Å²) in [5.41, 5.74) is 0.563. The van der Waals surface area contributed by atoms with Crippen molar-refractivity contribution in [2.45, 2.75) is 12.6 Å². The lowest BCUT2D eigenvalue weighted by atomic mass is 10.1. The first-order valence-corrected chi connectivity index (χ1v) is 10.6. The van der Waals surface area contributed by atoms with Crippen LogP contribution in [0.25, 0.3) is 0 Å². The number of non-ortho nitro benzene ring substituents is 1. The van der Waals surface area contributed by atoms with Crippen LogP contribution >= 0.6 is 0 Å². The SMILES string of the molecule is O=C(c1ccc([N+](=O)[O-])cc1)N1CCOC(CN(Cc2ccco2)C(=O)c2ccc(F)cc2)C1. The fourth-order valence-corrected chi connectivity index (χ4v) is 3.75. The van der Waals surface area contributed by atoms with E-state index in [9.17, 15) is 24.1 Å². The van der Waals surface area contributed by atoms with Gasteiger partial charge in [-0.2, -0.15) is 0 Å². The highest BCUT2D eigenvalue weighted by Gasteiger charge is 2.29. The number of rotatable bonds is 7. The Hall–Kier alpha value is -4.05. The molecule has 176 valence electrons. The first kappa shape index (κ1) is 23.1. The maximum absolute atomic E-state index is 13.3. The molecule has 1 aliphatic rings. The van der Waals surface area contributed by atoms with E-state index < -0.39 is 16.8 Å². The zero-order valence-electron chi connectivity index (χ0n) is 18.1. The third kappa shape index (κ3) is 5.46. The Morgan fingerprint density at radius 3 is 2.44 bits per heavy atom. The molecule has 4 rings (SSSR count). The fourth-order valence-electron chi connectivity index (χ4n) is 3.75. The van der Waals surface area contributed by atoms with E-state index in [1.165, 1.54) is 59.7 Å². The van der Waals surface area contributed by atoms with Gasteiger partial charge >= 0.3 is 0 Å². The molecule has 1 aliphatic heterocycles. The van der Waals surface area contributed by atoms with E-state index in [0.717, 1.165) is 0 Å². The van der Waals surface area contributed by atoms with Gasteiger partial charge in [-0.15, -0.1) is 0 Å². The molecule has 0 N–H and O–H groups in total. The Morgan fingerprint density at radius 1 is 1.09 bits per heavy atom. The third-order valence-corrected chi connectivity index (χ3v) is 5.48.